The van der Waals surface area contributed by atoms with Crippen LogP contribution in [0.1, 0.15) is 16.7 Å². The second-order valence-electron chi connectivity index (χ2n) is 3.52. The molecule has 0 radical (unpaired) electrons. The first-order valence-electron chi connectivity index (χ1n) is 4.82. The van der Waals surface area contributed by atoms with Crippen LogP contribution in [0.3, 0.4) is 0 Å². The van der Waals surface area contributed by atoms with E-state index in [0.717, 1.165) is 19.5 Å². The fourth-order valence-corrected chi connectivity index (χ4v) is 1.83. The largest absolute Gasteiger partial charge is 0.312 e. The van der Waals surface area contributed by atoms with E-state index in [2.05, 4.69) is 30.1 Å². The summed E-state index contributed by atoms with van der Waals surface area (Å²) in [6.07, 6.45) is 4.11. The van der Waals surface area contributed by atoms with Crippen molar-refractivity contribution < 1.29 is 0 Å². The molecule has 1 nitrogen and oxygen atoms in total. The van der Waals surface area contributed by atoms with Crippen molar-refractivity contribution in [3.63, 3.8) is 0 Å². The quantitative estimate of drug-likeness (QED) is 0.675. The summed E-state index contributed by atoms with van der Waals surface area (Å²) < 4.78 is 0. The lowest BCUT2D eigenvalue weighted by Crippen LogP contribution is -2.23. The molecule has 1 aromatic rings. The van der Waals surface area contributed by atoms with Crippen molar-refractivity contribution in [2.75, 3.05) is 6.54 Å². The lowest BCUT2D eigenvalue weighted by molar-refractivity contribution is 0.643. The maximum Gasteiger partial charge on any atom is 0.0208 e. The summed E-state index contributed by atoms with van der Waals surface area (Å²) in [6, 6.07) is 6.77. The Balaban J connectivity index is 2.29. The number of benzene rings is 1. The van der Waals surface area contributed by atoms with Crippen molar-refractivity contribution in [3.8, 4) is 0 Å². The molecule has 1 heterocycles. The van der Waals surface area contributed by atoms with Crippen molar-refractivity contribution in [2.45, 2.75) is 19.4 Å². The molecule has 1 heteroatoms. The average molecular weight is 173 g/mol. The van der Waals surface area contributed by atoms with Crippen LogP contribution in [0.2, 0.25) is 0 Å². The Kier molecular flexibility index (Phi) is 2.46. The molecule has 0 aliphatic carbocycles. The Morgan fingerprint density at radius 2 is 2.31 bits per heavy atom. The standard InChI is InChI=1S/C12H15N/c1-2-3-10-4-5-11-6-7-13-9-12(11)8-10/h2,4-5,8,13H,1,3,6-7,9H2. The predicted molar refractivity (Wildman–Crippen MR) is 55.8 cm³/mol. The summed E-state index contributed by atoms with van der Waals surface area (Å²) >= 11 is 0. The molecule has 1 aromatic carbocycles. The van der Waals surface area contributed by atoms with E-state index in [1.54, 1.807) is 0 Å². The molecule has 0 amide bonds. The first-order valence-corrected chi connectivity index (χ1v) is 4.82. The van der Waals surface area contributed by atoms with E-state index >= 15 is 0 Å². The first kappa shape index (κ1) is 8.52. The molecule has 0 unspecified atom stereocenters. The van der Waals surface area contributed by atoms with Gasteiger partial charge in [0.15, 0.2) is 0 Å². The lowest BCUT2D eigenvalue weighted by Gasteiger charge is -2.17. The number of hydrogen-bond acceptors (Lipinski definition) is 1. The van der Waals surface area contributed by atoms with Gasteiger partial charge in [-0.2, -0.15) is 0 Å². The predicted octanol–water partition coefficient (Wildman–Crippen LogP) is 2.06. The Bertz CT molecular complexity index is 315. The van der Waals surface area contributed by atoms with Crippen LogP contribution < -0.4 is 5.32 Å². The van der Waals surface area contributed by atoms with E-state index in [9.17, 15) is 0 Å². The van der Waals surface area contributed by atoms with Gasteiger partial charge in [-0.15, -0.1) is 6.58 Å². The molecule has 1 N–H and O–H groups in total. The van der Waals surface area contributed by atoms with Gasteiger partial charge in [0.25, 0.3) is 0 Å². The molecule has 0 aromatic heterocycles. The highest BCUT2D eigenvalue weighted by molar-refractivity contribution is 5.34. The molecule has 68 valence electrons. The van der Waals surface area contributed by atoms with Crippen LogP contribution >= 0.6 is 0 Å². The lowest BCUT2D eigenvalue weighted by atomic mass is 9.97. The molecule has 13 heavy (non-hydrogen) atoms. The Morgan fingerprint density at radius 1 is 1.38 bits per heavy atom. The van der Waals surface area contributed by atoms with Gasteiger partial charge in [0, 0.05) is 6.54 Å². The highest BCUT2D eigenvalue weighted by Crippen LogP contribution is 2.16. The van der Waals surface area contributed by atoms with E-state index < -0.39 is 0 Å². The SMILES string of the molecule is C=CCc1ccc2c(c1)CNCC2. The zero-order valence-corrected chi connectivity index (χ0v) is 7.84. The van der Waals surface area contributed by atoms with Crippen molar-refractivity contribution in [2.24, 2.45) is 0 Å². The van der Waals surface area contributed by atoms with Crippen LogP contribution in [-0.4, -0.2) is 6.54 Å². The fraction of sp³-hybridized carbons (Fsp3) is 0.333. The fourth-order valence-electron chi connectivity index (χ4n) is 1.83. The van der Waals surface area contributed by atoms with E-state index in [1.807, 2.05) is 6.08 Å². The van der Waals surface area contributed by atoms with Crippen LogP contribution in [0.4, 0.5) is 0 Å². The first-order chi connectivity index (χ1) is 6.40. The molecule has 0 saturated heterocycles. The van der Waals surface area contributed by atoms with Crippen LogP contribution in [-0.2, 0) is 19.4 Å². The number of fused-ring (bicyclic) bond motifs is 1. The third-order valence-corrected chi connectivity index (χ3v) is 2.54. The summed E-state index contributed by atoms with van der Waals surface area (Å²) in [5, 5.41) is 3.38. The monoisotopic (exact) mass is 173 g/mol. The van der Waals surface area contributed by atoms with E-state index in [-0.39, 0.29) is 0 Å². The molecular weight excluding hydrogens is 158 g/mol. The molecule has 1 aliphatic rings. The summed E-state index contributed by atoms with van der Waals surface area (Å²) in [6.45, 7) is 5.90. The van der Waals surface area contributed by atoms with Gasteiger partial charge >= 0.3 is 0 Å². The summed E-state index contributed by atoms with van der Waals surface area (Å²) in [4.78, 5) is 0. The summed E-state index contributed by atoms with van der Waals surface area (Å²) in [7, 11) is 0. The van der Waals surface area contributed by atoms with E-state index in [4.69, 9.17) is 0 Å². The van der Waals surface area contributed by atoms with Gasteiger partial charge in [-0.3, -0.25) is 0 Å². The molecule has 1 aliphatic heterocycles. The molecule has 0 fully saturated rings. The smallest absolute Gasteiger partial charge is 0.0208 e. The Labute approximate surface area is 79.5 Å². The number of hydrogen-bond donors (Lipinski definition) is 1. The topological polar surface area (TPSA) is 12.0 Å². The average Bonchev–Trinajstić information content (AvgIpc) is 2.18. The highest BCUT2D eigenvalue weighted by Gasteiger charge is 2.07. The molecule has 0 atom stereocenters. The molecule has 0 spiro atoms. The van der Waals surface area contributed by atoms with Crippen molar-refractivity contribution in [1.82, 2.24) is 5.32 Å². The molecule has 2 rings (SSSR count). The van der Waals surface area contributed by atoms with Crippen molar-refractivity contribution >= 4 is 0 Å². The van der Waals surface area contributed by atoms with Crippen LogP contribution in [0.25, 0.3) is 0 Å². The Morgan fingerprint density at radius 3 is 3.15 bits per heavy atom. The molecule has 0 bridgehead atoms. The third kappa shape index (κ3) is 1.81. The van der Waals surface area contributed by atoms with Gasteiger partial charge in [-0.25, -0.2) is 0 Å². The Hall–Kier alpha value is -1.08. The molecular formula is C12H15N. The van der Waals surface area contributed by atoms with Crippen molar-refractivity contribution in [3.05, 3.63) is 47.5 Å². The maximum absolute atomic E-state index is 3.75. The van der Waals surface area contributed by atoms with Gasteiger partial charge in [0.05, 0.1) is 0 Å². The second-order valence-corrected chi connectivity index (χ2v) is 3.52. The van der Waals surface area contributed by atoms with Crippen molar-refractivity contribution in [1.29, 1.82) is 0 Å². The maximum atomic E-state index is 3.75. The molecule has 0 saturated carbocycles. The minimum Gasteiger partial charge on any atom is -0.312 e. The zero-order valence-electron chi connectivity index (χ0n) is 7.84. The van der Waals surface area contributed by atoms with Gasteiger partial charge in [0.1, 0.15) is 0 Å². The van der Waals surface area contributed by atoms with Gasteiger partial charge in [0.2, 0.25) is 0 Å². The number of rotatable bonds is 2. The normalized spacial score (nSPS) is 15.1. The highest BCUT2D eigenvalue weighted by atomic mass is 14.9. The summed E-state index contributed by atoms with van der Waals surface area (Å²) in [5.74, 6) is 0. The number of allylic oxidation sites excluding steroid dienone is 1. The van der Waals surface area contributed by atoms with Gasteiger partial charge in [-0.05, 0) is 36.1 Å². The second kappa shape index (κ2) is 3.75. The van der Waals surface area contributed by atoms with Gasteiger partial charge < -0.3 is 5.32 Å². The van der Waals surface area contributed by atoms with E-state index in [1.165, 1.54) is 23.1 Å². The van der Waals surface area contributed by atoms with Crippen LogP contribution in [0, 0.1) is 0 Å². The van der Waals surface area contributed by atoms with E-state index in [0.29, 0.717) is 0 Å². The minimum atomic E-state index is 0.979. The third-order valence-electron chi connectivity index (χ3n) is 2.54. The van der Waals surface area contributed by atoms with Crippen LogP contribution in [0.5, 0.6) is 0 Å². The minimum absolute atomic E-state index is 0.979. The summed E-state index contributed by atoms with van der Waals surface area (Å²) in [5.41, 5.74) is 4.34. The van der Waals surface area contributed by atoms with Gasteiger partial charge in [-0.1, -0.05) is 24.3 Å². The zero-order chi connectivity index (χ0) is 9.10. The van der Waals surface area contributed by atoms with Crippen LogP contribution in [0.15, 0.2) is 30.9 Å². The number of nitrogens with one attached hydrogen (secondary N) is 1.